The summed E-state index contributed by atoms with van der Waals surface area (Å²) in [6, 6.07) is 8.60. The van der Waals surface area contributed by atoms with Crippen LogP contribution in [0.5, 0.6) is 0 Å². The summed E-state index contributed by atoms with van der Waals surface area (Å²) in [6.45, 7) is 5.45. The van der Waals surface area contributed by atoms with Crippen LogP contribution in [-0.2, 0) is 4.79 Å². The Morgan fingerprint density at radius 3 is 2.60 bits per heavy atom. The summed E-state index contributed by atoms with van der Waals surface area (Å²) >= 11 is 13.1. The summed E-state index contributed by atoms with van der Waals surface area (Å²) in [7, 11) is 0. The Morgan fingerprint density at radius 2 is 1.94 bits per heavy atom. The molecule has 2 aromatic carbocycles. The van der Waals surface area contributed by atoms with Crippen molar-refractivity contribution in [3.63, 3.8) is 0 Å². The monoisotopic (exact) mass is 536 g/mol. The van der Waals surface area contributed by atoms with Crippen molar-refractivity contribution in [2.45, 2.75) is 32.0 Å². The zero-order valence-corrected chi connectivity index (χ0v) is 21.3. The second-order valence-electron chi connectivity index (χ2n) is 7.92. The predicted molar refractivity (Wildman–Crippen MR) is 135 cm³/mol. The van der Waals surface area contributed by atoms with Crippen molar-refractivity contribution in [3.05, 3.63) is 73.5 Å². The Hall–Kier alpha value is -3.15. The first-order valence-electron chi connectivity index (χ1n) is 10.4. The number of carbonyl (C=O) groups is 2. The molecule has 35 heavy (non-hydrogen) atoms. The molecule has 0 saturated heterocycles. The van der Waals surface area contributed by atoms with Crippen LogP contribution in [0.15, 0.2) is 41.6 Å². The minimum Gasteiger partial charge on any atom is -0.342 e. The molecule has 3 rings (SSSR count). The molecule has 0 saturated carbocycles. The van der Waals surface area contributed by atoms with Crippen LogP contribution in [0, 0.1) is 23.0 Å². The number of H-pyrrole nitrogens is 1. The number of rotatable bonds is 9. The largest absolute Gasteiger partial charge is 0.342 e. The van der Waals surface area contributed by atoms with Crippen LogP contribution in [-0.4, -0.2) is 37.7 Å². The van der Waals surface area contributed by atoms with Gasteiger partial charge in [-0.2, -0.15) is 0 Å². The fourth-order valence-electron chi connectivity index (χ4n) is 3.12. The molecule has 3 N–H and O–H groups in total. The number of benzene rings is 2. The molecule has 184 valence electrons. The number of amides is 2. The van der Waals surface area contributed by atoms with Gasteiger partial charge in [-0.05, 0) is 37.1 Å². The van der Waals surface area contributed by atoms with Crippen molar-refractivity contribution >= 4 is 58.2 Å². The highest BCUT2D eigenvalue weighted by Crippen LogP contribution is 2.26. The van der Waals surface area contributed by atoms with E-state index >= 15 is 0 Å². The number of halogens is 2. The van der Waals surface area contributed by atoms with Gasteiger partial charge >= 0.3 is 0 Å². The third-order valence-electron chi connectivity index (χ3n) is 4.93. The van der Waals surface area contributed by atoms with E-state index in [4.69, 9.17) is 23.2 Å². The Bertz CT molecular complexity index is 1270. The summed E-state index contributed by atoms with van der Waals surface area (Å²) in [5.41, 5.74) is 1.03. The molecule has 10 nitrogen and oxygen atoms in total. The number of aromatic amines is 1. The molecule has 0 bridgehead atoms. The molecule has 13 heteroatoms. The van der Waals surface area contributed by atoms with Gasteiger partial charge in [-0.15, -0.1) is 5.10 Å². The summed E-state index contributed by atoms with van der Waals surface area (Å²) < 4.78 is 0. The van der Waals surface area contributed by atoms with Gasteiger partial charge in [-0.3, -0.25) is 24.8 Å². The Labute approximate surface area is 215 Å². The van der Waals surface area contributed by atoms with Crippen molar-refractivity contribution in [2.24, 2.45) is 5.92 Å². The number of aryl methyl sites for hydroxylation is 1. The third-order valence-corrected chi connectivity index (χ3v) is 6.32. The number of nitrogens with zero attached hydrogens (tertiary/aromatic N) is 3. The van der Waals surface area contributed by atoms with E-state index in [2.05, 4.69) is 25.8 Å². The fourth-order valence-corrected chi connectivity index (χ4v) is 4.22. The SMILES string of the molecule is Cc1ccc(NC(=O)CSc2n[nH]c([C@@H](NC(=O)c3ccc(Cl)cc3Cl)C(C)C)n2)cc1[N+](=O)[O-]. The van der Waals surface area contributed by atoms with Gasteiger partial charge in [0.15, 0.2) is 0 Å². The summed E-state index contributed by atoms with van der Waals surface area (Å²) in [5, 5.41) is 24.5. The summed E-state index contributed by atoms with van der Waals surface area (Å²) in [4.78, 5) is 40.0. The highest BCUT2D eigenvalue weighted by Gasteiger charge is 2.24. The van der Waals surface area contributed by atoms with Crippen molar-refractivity contribution < 1.29 is 14.5 Å². The average Bonchev–Trinajstić information content (AvgIpc) is 3.25. The quantitative estimate of drug-likeness (QED) is 0.194. The van der Waals surface area contributed by atoms with Crippen LogP contribution in [0.4, 0.5) is 11.4 Å². The molecule has 0 aliphatic heterocycles. The number of nitro groups is 1. The van der Waals surface area contributed by atoms with Gasteiger partial charge in [0.25, 0.3) is 11.6 Å². The van der Waals surface area contributed by atoms with E-state index in [1.54, 1.807) is 31.2 Å². The molecule has 1 aromatic heterocycles. The molecule has 1 heterocycles. The van der Waals surface area contributed by atoms with E-state index in [-0.39, 0.29) is 39.8 Å². The molecule has 3 aromatic rings. The highest BCUT2D eigenvalue weighted by molar-refractivity contribution is 7.99. The smallest absolute Gasteiger partial charge is 0.274 e. The van der Waals surface area contributed by atoms with E-state index in [1.807, 2.05) is 13.8 Å². The van der Waals surface area contributed by atoms with Crippen LogP contribution in [0.2, 0.25) is 10.0 Å². The number of anilines is 1. The van der Waals surface area contributed by atoms with E-state index in [0.29, 0.717) is 27.3 Å². The van der Waals surface area contributed by atoms with Gasteiger partial charge in [0, 0.05) is 22.3 Å². The van der Waals surface area contributed by atoms with Crippen LogP contribution in [0.3, 0.4) is 0 Å². The van der Waals surface area contributed by atoms with Gasteiger partial charge in [0.1, 0.15) is 5.82 Å². The van der Waals surface area contributed by atoms with E-state index in [0.717, 1.165) is 11.8 Å². The van der Waals surface area contributed by atoms with Crippen molar-refractivity contribution in [3.8, 4) is 0 Å². The zero-order chi connectivity index (χ0) is 25.7. The second-order valence-corrected chi connectivity index (χ2v) is 9.70. The number of hydrogen-bond donors (Lipinski definition) is 3. The van der Waals surface area contributed by atoms with E-state index < -0.39 is 11.0 Å². The molecule has 2 amide bonds. The molecule has 1 atom stereocenters. The van der Waals surface area contributed by atoms with Crippen LogP contribution >= 0.6 is 35.0 Å². The molecular formula is C22H22Cl2N6O4S. The molecule has 0 aliphatic carbocycles. The lowest BCUT2D eigenvalue weighted by Gasteiger charge is -2.20. The van der Waals surface area contributed by atoms with Gasteiger partial charge in [0.05, 0.1) is 27.3 Å². The minimum atomic E-state index is -0.500. The third kappa shape index (κ3) is 6.93. The van der Waals surface area contributed by atoms with Crippen LogP contribution in [0.1, 0.15) is 41.6 Å². The number of nitrogens with one attached hydrogen (secondary N) is 3. The normalized spacial score (nSPS) is 11.8. The lowest BCUT2D eigenvalue weighted by molar-refractivity contribution is -0.385. The molecule has 0 radical (unpaired) electrons. The predicted octanol–water partition coefficient (Wildman–Crippen LogP) is 5.19. The van der Waals surface area contributed by atoms with E-state index in [1.165, 1.54) is 12.1 Å². The number of aromatic nitrogens is 3. The Kier molecular flexibility index (Phi) is 8.71. The number of thioether (sulfide) groups is 1. The number of hydrogen-bond acceptors (Lipinski definition) is 7. The van der Waals surface area contributed by atoms with Crippen molar-refractivity contribution in [2.75, 3.05) is 11.1 Å². The van der Waals surface area contributed by atoms with E-state index in [9.17, 15) is 19.7 Å². The maximum absolute atomic E-state index is 12.7. The Balaban J connectivity index is 1.62. The number of carbonyl (C=O) groups excluding carboxylic acids is 2. The maximum atomic E-state index is 12.7. The molecule has 0 unspecified atom stereocenters. The molecule has 0 aliphatic rings. The lowest BCUT2D eigenvalue weighted by atomic mass is 10.0. The summed E-state index contributed by atoms with van der Waals surface area (Å²) in [6.07, 6.45) is 0. The molecule has 0 spiro atoms. The maximum Gasteiger partial charge on any atom is 0.274 e. The fraction of sp³-hybridized carbons (Fsp3) is 0.273. The number of nitro benzene ring substituents is 1. The molecule has 0 fully saturated rings. The highest BCUT2D eigenvalue weighted by atomic mass is 35.5. The van der Waals surface area contributed by atoms with Crippen LogP contribution in [0.25, 0.3) is 0 Å². The van der Waals surface area contributed by atoms with Crippen molar-refractivity contribution in [1.29, 1.82) is 0 Å². The first-order valence-corrected chi connectivity index (χ1v) is 12.1. The lowest BCUT2D eigenvalue weighted by Crippen LogP contribution is -2.32. The average molecular weight is 537 g/mol. The Morgan fingerprint density at radius 1 is 1.20 bits per heavy atom. The van der Waals surface area contributed by atoms with Crippen molar-refractivity contribution in [1.82, 2.24) is 20.5 Å². The van der Waals surface area contributed by atoms with Gasteiger partial charge < -0.3 is 10.6 Å². The summed E-state index contributed by atoms with van der Waals surface area (Å²) in [5.74, 6) is -0.377. The van der Waals surface area contributed by atoms with Crippen LogP contribution < -0.4 is 10.6 Å². The molecular weight excluding hydrogens is 515 g/mol. The standard InChI is InChI=1S/C22H22Cl2N6O4S/c1-11(2)19(26-21(32)15-7-5-13(23)8-16(15)24)20-27-22(29-28-20)35-10-18(31)25-14-6-4-12(3)17(9-14)30(33)34/h4-9,11,19H,10H2,1-3H3,(H,25,31)(H,26,32)(H,27,28,29)/t19-/m0/s1. The van der Waals surface area contributed by atoms with Gasteiger partial charge in [-0.25, -0.2) is 4.98 Å². The van der Waals surface area contributed by atoms with Gasteiger partial charge in [0.2, 0.25) is 11.1 Å². The minimum absolute atomic E-state index is 0.0158. The topological polar surface area (TPSA) is 143 Å². The second kappa shape index (κ2) is 11.5. The first kappa shape index (κ1) is 26.5. The first-order chi connectivity index (χ1) is 16.5. The van der Waals surface area contributed by atoms with Gasteiger partial charge in [-0.1, -0.05) is 54.9 Å². The zero-order valence-electron chi connectivity index (χ0n) is 19.0.